The van der Waals surface area contributed by atoms with Crippen LogP contribution < -0.4 is 35.2 Å². The lowest BCUT2D eigenvalue weighted by molar-refractivity contribution is 1.11. The smallest absolute Gasteiger partial charge is 0.344 e. The Hall–Kier alpha value is -8.07. The molecule has 0 saturated carbocycles. The summed E-state index contributed by atoms with van der Waals surface area (Å²) in [4.78, 5) is 12.8. The van der Waals surface area contributed by atoms with Gasteiger partial charge < -0.3 is 14.4 Å². The fraction of sp³-hybridized carbons (Fsp3) is 0. The number of imidazole rings is 2. The summed E-state index contributed by atoms with van der Waals surface area (Å²) in [6.07, 6.45) is 0. The predicted octanol–water partition coefficient (Wildman–Crippen LogP) is 10.2. The average molecular weight is 823 g/mol. The standard InChI is InChI=1S/C55H39BN6Si/c1-4-20-40(21-5-1)60-51-34-14-16-36-53(51)62-54-37-17-15-35-52(54)61(56(60)62)42-23-19-29-46(39-42)63(43-24-6-2-7-25-43,44-26-8-3-9-27-44)45-28-18-22-41(38-45)58-49-32-12-13-33-50(49)59-48-31-11-10-30-47(48)57-55(58)59/h1-39H. The van der Waals surface area contributed by atoms with E-state index in [1.54, 1.807) is 0 Å². The molecule has 0 radical (unpaired) electrons. The molecule has 0 fully saturated rings. The van der Waals surface area contributed by atoms with E-state index < -0.39 is 8.07 Å². The molecule has 8 heteroatoms. The van der Waals surface area contributed by atoms with Gasteiger partial charge in [0, 0.05) is 17.1 Å². The van der Waals surface area contributed by atoms with E-state index in [2.05, 4.69) is 260 Å². The zero-order chi connectivity index (χ0) is 41.5. The highest BCUT2D eigenvalue weighted by Gasteiger charge is 2.53. The van der Waals surface area contributed by atoms with Gasteiger partial charge in [-0.1, -0.05) is 152 Å². The number of nitrogens with zero attached hydrogens (tertiary/aromatic N) is 6. The van der Waals surface area contributed by atoms with Crippen LogP contribution in [-0.2, 0) is 0 Å². The lowest BCUT2D eigenvalue weighted by atomic mass is 9.86. The second-order valence-electron chi connectivity index (χ2n) is 16.4. The Labute approximate surface area is 366 Å². The Bertz CT molecular complexity index is 3460. The van der Waals surface area contributed by atoms with Crippen LogP contribution in [-0.4, -0.2) is 29.1 Å². The highest BCUT2D eigenvalue weighted by Crippen LogP contribution is 2.55. The highest BCUT2D eigenvalue weighted by molar-refractivity contribution is 7.20. The van der Waals surface area contributed by atoms with E-state index in [0.717, 1.165) is 44.9 Å². The number of anilines is 6. The molecule has 2 aliphatic rings. The molecule has 63 heavy (non-hydrogen) atoms. The van der Waals surface area contributed by atoms with Crippen LogP contribution in [0, 0.1) is 0 Å². The van der Waals surface area contributed by atoms with Crippen molar-refractivity contribution in [2.75, 3.05) is 14.4 Å². The number of hydrogen-bond donors (Lipinski definition) is 0. The minimum atomic E-state index is -3.06. The van der Waals surface area contributed by atoms with Gasteiger partial charge in [-0.3, -0.25) is 8.97 Å². The molecule has 0 saturated heterocycles. The summed E-state index contributed by atoms with van der Waals surface area (Å²) in [5, 5.41) is 5.25. The number of hydrogen-bond acceptors (Lipinski definition) is 4. The second-order valence-corrected chi connectivity index (χ2v) is 20.2. The Kier molecular flexibility index (Phi) is 7.92. The van der Waals surface area contributed by atoms with Gasteiger partial charge in [-0.05, 0) is 106 Å². The second kappa shape index (κ2) is 14.0. The van der Waals surface area contributed by atoms with Crippen LogP contribution in [0.25, 0.3) is 33.5 Å². The van der Waals surface area contributed by atoms with Gasteiger partial charge in [0.15, 0.2) is 8.07 Å². The Morgan fingerprint density at radius 1 is 0.333 bits per heavy atom. The summed E-state index contributed by atoms with van der Waals surface area (Å²) in [5.41, 5.74) is 12.5. The predicted molar refractivity (Wildman–Crippen MR) is 265 cm³/mol. The van der Waals surface area contributed by atoms with Gasteiger partial charge in [0.2, 0.25) is 5.78 Å². The first-order valence-electron chi connectivity index (χ1n) is 21.6. The van der Waals surface area contributed by atoms with Crippen LogP contribution in [0.1, 0.15) is 0 Å². The molecular weight excluding hydrogens is 784 g/mol. The van der Waals surface area contributed by atoms with Crippen molar-refractivity contribution in [2.45, 2.75) is 0 Å². The summed E-state index contributed by atoms with van der Waals surface area (Å²) in [6.45, 7) is 0. The quantitative estimate of drug-likeness (QED) is 0.118. The molecule has 0 amide bonds. The van der Waals surface area contributed by atoms with E-state index in [4.69, 9.17) is 4.98 Å². The van der Waals surface area contributed by atoms with Crippen LogP contribution in [0.5, 0.6) is 0 Å². The lowest BCUT2D eigenvalue weighted by Crippen LogP contribution is -2.74. The average Bonchev–Trinajstić information content (AvgIpc) is 4.09. The van der Waals surface area contributed by atoms with Crippen molar-refractivity contribution in [3.8, 4) is 5.69 Å². The molecule has 0 N–H and O–H groups in total. The van der Waals surface area contributed by atoms with Gasteiger partial charge in [-0.25, -0.2) is 4.98 Å². The molecule has 0 unspecified atom stereocenters. The molecule has 11 aromatic rings. The lowest BCUT2D eigenvalue weighted by Gasteiger charge is -2.36. The van der Waals surface area contributed by atoms with E-state index in [9.17, 15) is 0 Å². The van der Waals surface area contributed by atoms with Gasteiger partial charge in [-0.2, -0.15) is 0 Å². The fourth-order valence-corrected chi connectivity index (χ4v) is 15.4. The van der Waals surface area contributed by atoms with Gasteiger partial charge in [0.05, 0.1) is 44.8 Å². The van der Waals surface area contributed by atoms with Crippen LogP contribution in [0.4, 0.5) is 34.1 Å². The molecule has 4 heterocycles. The summed E-state index contributed by atoms with van der Waals surface area (Å²) in [7, 11) is -3.21. The van der Waals surface area contributed by atoms with E-state index in [-0.39, 0.29) is 7.12 Å². The number of fused-ring (bicyclic) bond motifs is 10. The van der Waals surface area contributed by atoms with Gasteiger partial charge in [0.25, 0.3) is 0 Å². The zero-order valence-corrected chi connectivity index (χ0v) is 35.3. The number of para-hydroxylation sites is 9. The van der Waals surface area contributed by atoms with E-state index >= 15 is 0 Å². The molecule has 0 spiro atoms. The summed E-state index contributed by atoms with van der Waals surface area (Å²) in [6, 6.07) is 86.8. The first kappa shape index (κ1) is 35.7. The SMILES string of the molecule is c1ccc(N2B3N(c4cccc([Si](c5ccccc5)(c5ccccc5)c5cccc(-n6c7ccccc7n7c8ccccc8nc67)c5)c4)c4ccccc4N3c3ccccc32)cc1. The first-order chi connectivity index (χ1) is 31.3. The highest BCUT2D eigenvalue weighted by atomic mass is 28.3. The van der Waals surface area contributed by atoms with E-state index in [1.165, 1.54) is 43.5 Å². The molecule has 9 aromatic carbocycles. The largest absolute Gasteiger partial charge is 0.519 e. The van der Waals surface area contributed by atoms with Crippen LogP contribution in [0.2, 0.25) is 0 Å². The van der Waals surface area contributed by atoms with Crippen LogP contribution in [0.15, 0.2) is 237 Å². The molecule has 0 bridgehead atoms. The maximum Gasteiger partial charge on any atom is 0.519 e. The number of rotatable bonds is 7. The molecule has 296 valence electrons. The fourth-order valence-electron chi connectivity index (χ4n) is 10.6. The van der Waals surface area contributed by atoms with Gasteiger partial charge in [0.1, 0.15) is 0 Å². The summed E-state index contributed by atoms with van der Waals surface area (Å²) < 4.78 is 4.65. The molecule has 0 atom stereocenters. The maximum atomic E-state index is 5.26. The zero-order valence-electron chi connectivity index (χ0n) is 34.3. The third-order valence-corrected chi connectivity index (χ3v) is 17.9. The number of aromatic nitrogens is 3. The maximum absolute atomic E-state index is 5.26. The first-order valence-corrected chi connectivity index (χ1v) is 23.6. The third kappa shape index (κ3) is 5.16. The Morgan fingerprint density at radius 2 is 0.762 bits per heavy atom. The molecule has 2 aromatic heterocycles. The third-order valence-electron chi connectivity index (χ3n) is 13.1. The van der Waals surface area contributed by atoms with Crippen molar-refractivity contribution >= 4 is 97.9 Å². The Balaban J connectivity index is 1.06. The normalized spacial score (nSPS) is 13.3. The molecule has 13 rings (SSSR count). The van der Waals surface area contributed by atoms with Gasteiger partial charge >= 0.3 is 7.12 Å². The summed E-state index contributed by atoms with van der Waals surface area (Å²) >= 11 is 0. The van der Waals surface area contributed by atoms with Crippen molar-refractivity contribution in [1.82, 2.24) is 14.0 Å². The van der Waals surface area contributed by atoms with E-state index in [0.29, 0.717) is 0 Å². The number of benzene rings is 9. The monoisotopic (exact) mass is 822 g/mol. The molecule has 6 nitrogen and oxygen atoms in total. The minimum absolute atomic E-state index is 0.153. The van der Waals surface area contributed by atoms with Crippen molar-refractivity contribution in [3.63, 3.8) is 0 Å². The molecule has 2 aliphatic heterocycles. The van der Waals surface area contributed by atoms with Crippen molar-refractivity contribution in [3.05, 3.63) is 237 Å². The Morgan fingerprint density at radius 3 is 1.38 bits per heavy atom. The van der Waals surface area contributed by atoms with Crippen LogP contribution >= 0.6 is 0 Å². The van der Waals surface area contributed by atoms with Crippen molar-refractivity contribution in [2.24, 2.45) is 0 Å². The summed E-state index contributed by atoms with van der Waals surface area (Å²) in [5.74, 6) is 0.904. The molecular formula is C55H39BN6Si. The van der Waals surface area contributed by atoms with Crippen molar-refractivity contribution in [1.29, 1.82) is 0 Å². The van der Waals surface area contributed by atoms with E-state index in [1.807, 2.05) is 0 Å². The van der Waals surface area contributed by atoms with Crippen LogP contribution in [0.3, 0.4) is 0 Å². The minimum Gasteiger partial charge on any atom is -0.344 e. The topological polar surface area (TPSA) is 32.0 Å². The van der Waals surface area contributed by atoms with Gasteiger partial charge in [-0.15, -0.1) is 0 Å². The molecule has 0 aliphatic carbocycles. The van der Waals surface area contributed by atoms with Crippen molar-refractivity contribution < 1.29 is 0 Å².